The first-order valence-corrected chi connectivity index (χ1v) is 16.8. The van der Waals surface area contributed by atoms with E-state index in [1.54, 1.807) is 30.3 Å². The van der Waals surface area contributed by atoms with Crippen LogP contribution >= 0.6 is 36.6 Å². The van der Waals surface area contributed by atoms with Gasteiger partial charge in [-0.2, -0.15) is 13.2 Å². The van der Waals surface area contributed by atoms with Gasteiger partial charge in [0.2, 0.25) is 11.6 Å². The molecule has 1 fully saturated rings. The van der Waals surface area contributed by atoms with Crippen LogP contribution in [0.1, 0.15) is 48.2 Å². The zero-order valence-electron chi connectivity index (χ0n) is 27.9. The molecule has 0 saturated carbocycles. The van der Waals surface area contributed by atoms with Gasteiger partial charge in [-0.15, -0.1) is 24.8 Å². The fourth-order valence-corrected chi connectivity index (χ4v) is 7.07. The summed E-state index contributed by atoms with van der Waals surface area (Å²) in [6, 6.07) is 18.6. The molecule has 1 aliphatic carbocycles. The molecule has 3 aromatic carbocycles. The second kappa shape index (κ2) is 18.3. The first-order chi connectivity index (χ1) is 23.0. The van der Waals surface area contributed by atoms with E-state index < -0.39 is 23.3 Å². The molecule has 2 heterocycles. The van der Waals surface area contributed by atoms with E-state index in [2.05, 4.69) is 9.80 Å². The van der Waals surface area contributed by atoms with E-state index in [4.69, 9.17) is 5.11 Å². The highest BCUT2D eigenvalue weighted by Gasteiger charge is 2.34. The molecule has 0 unspecified atom stereocenters. The van der Waals surface area contributed by atoms with Crippen molar-refractivity contribution in [3.63, 3.8) is 0 Å². The van der Waals surface area contributed by atoms with Gasteiger partial charge in [0.25, 0.3) is 0 Å². The van der Waals surface area contributed by atoms with Gasteiger partial charge in [-0.3, -0.25) is 14.5 Å². The minimum absolute atomic E-state index is 0. The Morgan fingerprint density at radius 2 is 1.40 bits per heavy atom. The van der Waals surface area contributed by atoms with Gasteiger partial charge in [-0.1, -0.05) is 59.8 Å². The van der Waals surface area contributed by atoms with Crippen LogP contribution in [0.5, 0.6) is 0 Å². The smallest absolute Gasteiger partial charge is 0.416 e. The number of ketones is 2. The number of nitrogens with zero attached hydrogens (tertiary/aromatic N) is 3. The number of para-hydroxylation sites is 1. The van der Waals surface area contributed by atoms with Gasteiger partial charge in [-0.25, -0.2) is 0 Å². The summed E-state index contributed by atoms with van der Waals surface area (Å²) < 4.78 is 39.9. The van der Waals surface area contributed by atoms with Crippen molar-refractivity contribution in [2.24, 2.45) is 0 Å². The summed E-state index contributed by atoms with van der Waals surface area (Å²) in [5.74, 6) is -1.23. The minimum Gasteiger partial charge on any atom is -0.507 e. The average molecular weight is 753 g/mol. The van der Waals surface area contributed by atoms with Gasteiger partial charge in [0.05, 0.1) is 23.5 Å². The molecule has 3 aliphatic rings. The average Bonchev–Trinajstić information content (AvgIpc) is 3.07. The van der Waals surface area contributed by atoms with Gasteiger partial charge < -0.3 is 20.0 Å². The molecular formula is C37H42Cl2F3N3O4S. The van der Waals surface area contributed by atoms with E-state index in [1.165, 1.54) is 23.9 Å². The summed E-state index contributed by atoms with van der Waals surface area (Å²) in [5.41, 5.74) is 2.95. The molecule has 6 rings (SSSR count). The van der Waals surface area contributed by atoms with E-state index in [9.17, 15) is 27.9 Å². The fourth-order valence-electron chi connectivity index (χ4n) is 5.99. The van der Waals surface area contributed by atoms with Crippen LogP contribution < -0.4 is 4.90 Å². The van der Waals surface area contributed by atoms with Crippen molar-refractivity contribution in [3.05, 3.63) is 101 Å². The Kier molecular flexibility index (Phi) is 15.0. The number of carbonyl (C=O) groups is 2. The number of hydrogen-bond acceptors (Lipinski definition) is 8. The third kappa shape index (κ3) is 9.71. The lowest BCUT2D eigenvalue weighted by molar-refractivity contribution is -0.137. The highest BCUT2D eigenvalue weighted by atomic mass is 35.5. The fraction of sp³-hybridized carbons (Fsp3) is 0.351. The third-order valence-electron chi connectivity index (χ3n) is 8.60. The molecule has 50 heavy (non-hydrogen) atoms. The molecule has 1 saturated heterocycles. The second-order valence-electron chi connectivity index (χ2n) is 12.2. The van der Waals surface area contributed by atoms with Gasteiger partial charge in [0.1, 0.15) is 5.76 Å². The maximum Gasteiger partial charge on any atom is 0.416 e. The summed E-state index contributed by atoms with van der Waals surface area (Å²) in [5, 5.41) is 19.2. The predicted molar refractivity (Wildman–Crippen MR) is 197 cm³/mol. The van der Waals surface area contributed by atoms with Gasteiger partial charge in [0, 0.05) is 65.8 Å². The summed E-state index contributed by atoms with van der Waals surface area (Å²) in [4.78, 5) is 32.4. The number of benzene rings is 3. The number of halogens is 5. The molecule has 2 N–H and O–H groups in total. The molecular weight excluding hydrogens is 710 g/mol. The number of anilines is 2. The number of aliphatic hydroxyl groups is 2. The highest BCUT2D eigenvalue weighted by molar-refractivity contribution is 7.99. The Bertz CT molecular complexity index is 1720. The number of rotatable bonds is 8. The first kappa shape index (κ1) is 41.1. The molecule has 13 heteroatoms. The highest BCUT2D eigenvalue weighted by Crippen LogP contribution is 2.49. The first-order valence-electron chi connectivity index (χ1n) is 16.0. The Morgan fingerprint density at radius 1 is 0.800 bits per heavy atom. The van der Waals surface area contributed by atoms with E-state index >= 15 is 0 Å². The van der Waals surface area contributed by atoms with Crippen LogP contribution in [0, 0.1) is 0 Å². The quantitative estimate of drug-likeness (QED) is 0.176. The number of allylic oxidation sites excluding steroid dienone is 3. The van der Waals surface area contributed by atoms with Crippen molar-refractivity contribution < 1.29 is 33.0 Å². The van der Waals surface area contributed by atoms with Crippen LogP contribution in [0.25, 0.3) is 5.76 Å². The Hall–Kier alpha value is -3.32. The van der Waals surface area contributed by atoms with Crippen molar-refractivity contribution in [2.45, 2.75) is 42.7 Å². The van der Waals surface area contributed by atoms with E-state index in [-0.39, 0.29) is 54.7 Å². The van der Waals surface area contributed by atoms with Crippen molar-refractivity contribution in [1.82, 2.24) is 9.80 Å². The zero-order valence-corrected chi connectivity index (χ0v) is 30.4. The Labute approximate surface area is 307 Å². The summed E-state index contributed by atoms with van der Waals surface area (Å²) in [6.07, 6.45) is -1.37. The lowest BCUT2D eigenvalue weighted by Gasteiger charge is -2.36. The van der Waals surface area contributed by atoms with Crippen LogP contribution in [-0.4, -0.2) is 84.0 Å². The summed E-state index contributed by atoms with van der Waals surface area (Å²) in [7, 11) is 0. The lowest BCUT2D eigenvalue weighted by atomic mass is 9.87. The summed E-state index contributed by atoms with van der Waals surface area (Å²) in [6.45, 7) is 10.1. The van der Waals surface area contributed by atoms with Crippen LogP contribution in [0.2, 0.25) is 0 Å². The molecule has 3 aromatic rings. The van der Waals surface area contributed by atoms with Crippen molar-refractivity contribution in [3.8, 4) is 0 Å². The van der Waals surface area contributed by atoms with Crippen molar-refractivity contribution in [1.29, 1.82) is 0 Å². The van der Waals surface area contributed by atoms with Crippen LogP contribution in [0.15, 0.2) is 93.7 Å². The Morgan fingerprint density at radius 3 is 2.04 bits per heavy atom. The molecule has 0 amide bonds. The molecule has 2 aliphatic heterocycles. The standard InChI is InChI=1S/C22H26F3N3OS.C15H14O3.2ClH/c23-22(24,25)17-6-7-21-19(16-17)28(18-4-1-2-5-20(18)30-21)9-3-8-26-10-12-27(13-11-26)14-15-29;1-9(2)7-8-12-13(16)10-5-3-4-6-11(10)14(17)15(12)18;;/h1-2,4-7,16,29H,3,8-15H2;3-7,16H,8H2,1-2H3;2*1H. The SMILES string of the molecule is CC(C)=CCC1=C(O)c2ccccc2C(=O)C1=O.Cl.Cl.OCCN1CCN(CCCN2c3ccccc3Sc3ccc(C(F)(F)F)cc32)CC1. The monoisotopic (exact) mass is 751 g/mol. The molecule has 270 valence electrons. The molecule has 0 spiro atoms. The van der Waals surface area contributed by atoms with Gasteiger partial charge in [0.15, 0.2) is 0 Å². The normalized spacial score (nSPS) is 15.8. The maximum atomic E-state index is 13.3. The number of Topliss-reactive ketones (excluding diaryl/α,β-unsaturated/α-hetero) is 2. The number of fused-ring (bicyclic) bond motifs is 3. The van der Waals surface area contributed by atoms with E-state index in [0.717, 1.165) is 60.2 Å². The Balaban J connectivity index is 0.000000292. The van der Waals surface area contributed by atoms with Gasteiger partial charge >= 0.3 is 6.18 Å². The van der Waals surface area contributed by atoms with Gasteiger partial charge in [-0.05, 0) is 63.6 Å². The largest absolute Gasteiger partial charge is 0.507 e. The second-order valence-corrected chi connectivity index (χ2v) is 13.3. The predicted octanol–water partition coefficient (Wildman–Crippen LogP) is 8.23. The molecule has 0 aromatic heterocycles. The summed E-state index contributed by atoms with van der Waals surface area (Å²) >= 11 is 1.53. The van der Waals surface area contributed by atoms with Crippen LogP contribution in [0.4, 0.5) is 24.5 Å². The molecule has 0 bridgehead atoms. The molecule has 0 atom stereocenters. The van der Waals surface area contributed by atoms with Crippen molar-refractivity contribution in [2.75, 3.05) is 57.3 Å². The number of carbonyl (C=O) groups excluding carboxylic acids is 2. The number of β-amino-alcohol motifs (C(OH)–C–C–N with tert-alkyl or cyclic N) is 1. The van der Waals surface area contributed by atoms with Crippen LogP contribution in [-0.2, 0) is 11.0 Å². The topological polar surface area (TPSA) is 84.3 Å². The number of piperazine rings is 1. The lowest BCUT2D eigenvalue weighted by Crippen LogP contribution is -2.47. The third-order valence-corrected chi connectivity index (χ3v) is 9.73. The van der Waals surface area contributed by atoms with E-state index in [0.29, 0.717) is 24.3 Å². The number of alkyl halides is 3. The van der Waals surface area contributed by atoms with Crippen molar-refractivity contribution >= 4 is 65.3 Å². The minimum atomic E-state index is -4.35. The van der Waals surface area contributed by atoms with Crippen LogP contribution in [0.3, 0.4) is 0 Å². The number of aliphatic hydroxyl groups excluding tert-OH is 2. The number of hydrogen-bond donors (Lipinski definition) is 2. The zero-order chi connectivity index (χ0) is 34.4. The molecule has 0 radical (unpaired) electrons. The molecule has 7 nitrogen and oxygen atoms in total. The van der Waals surface area contributed by atoms with E-state index in [1.807, 2.05) is 49.1 Å². The maximum absolute atomic E-state index is 13.3.